The van der Waals surface area contributed by atoms with Gasteiger partial charge >= 0.3 is 11.9 Å². The highest BCUT2D eigenvalue weighted by molar-refractivity contribution is 5.70. The zero-order valence-electron chi connectivity index (χ0n) is 42.7. The molecular weight excluding hydrogens is 813 g/mol. The van der Waals surface area contributed by atoms with Gasteiger partial charge in [0.15, 0.2) is 6.10 Å². The van der Waals surface area contributed by atoms with Gasteiger partial charge in [-0.15, -0.1) is 0 Å². The lowest BCUT2D eigenvalue weighted by Gasteiger charge is -2.18. The fourth-order valence-corrected chi connectivity index (χ4v) is 6.80. The number of hydrogen-bond acceptors (Lipinski definition) is 5. The molecule has 5 nitrogen and oxygen atoms in total. The lowest BCUT2D eigenvalue weighted by atomic mass is 10.1. The summed E-state index contributed by atoms with van der Waals surface area (Å²) >= 11 is 0. The molecule has 5 heteroatoms. The second kappa shape index (κ2) is 55.4. The third-order valence-corrected chi connectivity index (χ3v) is 10.7. The second-order valence-electron chi connectivity index (χ2n) is 17.0. The first kappa shape index (κ1) is 62.0. The summed E-state index contributed by atoms with van der Waals surface area (Å²) in [7, 11) is 0. The Kier molecular flexibility index (Phi) is 52.0. The maximum absolute atomic E-state index is 12.8. The zero-order valence-corrected chi connectivity index (χ0v) is 42.7. The largest absolute Gasteiger partial charge is 0.462 e. The molecule has 0 bridgehead atoms. The number of unbranched alkanes of at least 4 members (excludes halogenated alkanes) is 14. The van der Waals surface area contributed by atoms with Crippen LogP contribution in [0.25, 0.3) is 0 Å². The van der Waals surface area contributed by atoms with Gasteiger partial charge in [-0.25, -0.2) is 0 Å². The predicted molar refractivity (Wildman–Crippen MR) is 288 cm³/mol. The molecule has 0 heterocycles. The van der Waals surface area contributed by atoms with Crippen molar-refractivity contribution >= 4 is 11.9 Å². The highest BCUT2D eigenvalue weighted by Gasteiger charge is 2.17. The Hall–Kier alpha value is -3.96. The smallest absolute Gasteiger partial charge is 0.306 e. The molecule has 0 radical (unpaired) electrons. The van der Waals surface area contributed by atoms with Crippen molar-refractivity contribution in [2.75, 3.05) is 19.8 Å². The molecule has 66 heavy (non-hydrogen) atoms. The average Bonchev–Trinajstić information content (AvgIpc) is 3.32. The minimum atomic E-state index is -0.581. The molecule has 0 saturated carbocycles. The lowest BCUT2D eigenvalue weighted by Crippen LogP contribution is -2.30. The average molecular weight is 911 g/mol. The van der Waals surface area contributed by atoms with Crippen molar-refractivity contribution in [3.63, 3.8) is 0 Å². The second-order valence-corrected chi connectivity index (χ2v) is 17.0. The summed E-state index contributed by atoms with van der Waals surface area (Å²) in [5.41, 5.74) is 0. The van der Waals surface area contributed by atoms with Gasteiger partial charge in [-0.3, -0.25) is 9.59 Å². The highest BCUT2D eigenvalue weighted by Crippen LogP contribution is 2.12. The molecule has 372 valence electrons. The molecule has 0 amide bonds. The quantitative estimate of drug-likeness (QED) is 0.0346. The molecule has 0 aliphatic heterocycles. The van der Waals surface area contributed by atoms with E-state index in [4.69, 9.17) is 14.2 Å². The van der Waals surface area contributed by atoms with Crippen molar-refractivity contribution in [2.45, 2.75) is 219 Å². The lowest BCUT2D eigenvalue weighted by molar-refractivity contribution is -0.163. The Morgan fingerprint density at radius 2 is 0.636 bits per heavy atom. The SMILES string of the molecule is CC/C=C\C/C=C\C/C=C\C/C=C\CCCCCCCCC(=O)OCC(COCCCCCCCC/C=C\C/C=C\C/C=C\CC)OC(=O)CCCC/C=C\C/C=C\C/C=C\C/C=C\CC. The number of ether oxygens (including phenoxy) is 3. The fraction of sp³-hybridized carbons (Fsp3) is 0.607. The molecule has 1 atom stereocenters. The van der Waals surface area contributed by atoms with Gasteiger partial charge in [0.05, 0.1) is 6.61 Å². The summed E-state index contributed by atoms with van der Waals surface area (Å²) < 4.78 is 17.4. The van der Waals surface area contributed by atoms with Gasteiger partial charge < -0.3 is 14.2 Å². The molecule has 0 spiro atoms. The van der Waals surface area contributed by atoms with E-state index in [1.807, 2.05) is 0 Å². The van der Waals surface area contributed by atoms with Crippen molar-refractivity contribution in [3.8, 4) is 0 Å². The van der Waals surface area contributed by atoms with E-state index in [2.05, 4.69) is 154 Å². The third-order valence-electron chi connectivity index (χ3n) is 10.7. The number of allylic oxidation sites excluding steroid dienone is 22. The Morgan fingerprint density at radius 3 is 1.05 bits per heavy atom. The molecule has 0 fully saturated rings. The first-order chi connectivity index (χ1) is 32.6. The maximum Gasteiger partial charge on any atom is 0.306 e. The summed E-state index contributed by atoms with van der Waals surface area (Å²) in [6, 6.07) is 0. The summed E-state index contributed by atoms with van der Waals surface area (Å²) in [6.07, 6.45) is 78.9. The van der Waals surface area contributed by atoms with Crippen LogP contribution in [0, 0.1) is 0 Å². The van der Waals surface area contributed by atoms with Crippen LogP contribution in [0.2, 0.25) is 0 Å². The van der Waals surface area contributed by atoms with Gasteiger partial charge in [0.1, 0.15) is 6.61 Å². The molecule has 0 aliphatic rings. The van der Waals surface area contributed by atoms with Crippen molar-refractivity contribution in [3.05, 3.63) is 134 Å². The third kappa shape index (κ3) is 52.7. The number of esters is 2. The fourth-order valence-electron chi connectivity index (χ4n) is 6.80. The van der Waals surface area contributed by atoms with E-state index in [0.717, 1.165) is 135 Å². The van der Waals surface area contributed by atoms with E-state index in [9.17, 15) is 9.59 Å². The van der Waals surface area contributed by atoms with Crippen LogP contribution in [0.1, 0.15) is 213 Å². The van der Waals surface area contributed by atoms with Gasteiger partial charge in [-0.1, -0.05) is 206 Å². The van der Waals surface area contributed by atoms with Gasteiger partial charge in [-0.05, 0) is 128 Å². The first-order valence-electron chi connectivity index (χ1n) is 26.7. The van der Waals surface area contributed by atoms with E-state index >= 15 is 0 Å². The summed E-state index contributed by atoms with van der Waals surface area (Å²) in [6.45, 7) is 7.39. The Morgan fingerprint density at radius 1 is 0.333 bits per heavy atom. The van der Waals surface area contributed by atoms with Crippen LogP contribution in [-0.4, -0.2) is 37.9 Å². The van der Waals surface area contributed by atoms with Crippen LogP contribution >= 0.6 is 0 Å². The zero-order chi connectivity index (χ0) is 47.7. The summed E-state index contributed by atoms with van der Waals surface area (Å²) in [5.74, 6) is -0.478. The monoisotopic (exact) mass is 911 g/mol. The predicted octanol–water partition coefficient (Wildman–Crippen LogP) is 18.3. The Labute approximate surface area is 407 Å². The van der Waals surface area contributed by atoms with Crippen LogP contribution in [0.5, 0.6) is 0 Å². The Balaban J connectivity index is 4.41. The number of carbonyl (C=O) groups is 2. The molecule has 0 rings (SSSR count). The molecule has 0 aliphatic carbocycles. The molecule has 0 aromatic heterocycles. The maximum atomic E-state index is 12.8. The van der Waals surface area contributed by atoms with E-state index in [1.165, 1.54) is 44.9 Å². The number of rotatable bonds is 47. The van der Waals surface area contributed by atoms with Crippen LogP contribution in [-0.2, 0) is 23.8 Å². The topological polar surface area (TPSA) is 61.8 Å². The normalized spacial score (nSPS) is 13.3. The van der Waals surface area contributed by atoms with E-state index in [0.29, 0.717) is 19.4 Å². The van der Waals surface area contributed by atoms with Gasteiger partial charge in [0.2, 0.25) is 0 Å². The Bertz CT molecular complexity index is 1400. The van der Waals surface area contributed by atoms with E-state index < -0.39 is 6.10 Å². The number of hydrogen-bond donors (Lipinski definition) is 0. The standard InChI is InChI=1S/C61H98O5/c1-4-7-10-13-16-19-22-25-28-30-31-32-34-36-39-42-45-48-51-54-60(62)65-58-59(57-64-56-53-50-47-44-41-38-35-29-26-23-20-17-14-11-8-5-2)66-61(63)55-52-49-46-43-40-37-33-27-24-21-18-15-12-9-6-3/h7-12,16-21,25-29,31-33,40,43,59H,4-6,13-15,22-24,30,34-39,41-42,44-58H2,1-3H3/b10-7-,11-8-,12-9-,19-16-,20-17-,21-18-,28-25-,29-26-,32-31-,33-27-,43-40-. The summed E-state index contributed by atoms with van der Waals surface area (Å²) in [4.78, 5) is 25.5. The van der Waals surface area contributed by atoms with Gasteiger partial charge in [-0.2, -0.15) is 0 Å². The van der Waals surface area contributed by atoms with Crippen molar-refractivity contribution in [1.29, 1.82) is 0 Å². The van der Waals surface area contributed by atoms with Gasteiger partial charge in [0.25, 0.3) is 0 Å². The highest BCUT2D eigenvalue weighted by atomic mass is 16.6. The minimum Gasteiger partial charge on any atom is -0.462 e. The number of carbonyl (C=O) groups excluding carboxylic acids is 2. The molecule has 0 N–H and O–H groups in total. The molecule has 0 aromatic rings. The molecule has 1 unspecified atom stereocenters. The minimum absolute atomic E-state index is 0.0465. The van der Waals surface area contributed by atoms with Crippen LogP contribution in [0.15, 0.2) is 134 Å². The van der Waals surface area contributed by atoms with Crippen molar-refractivity contribution < 1.29 is 23.8 Å². The molecule has 0 saturated heterocycles. The van der Waals surface area contributed by atoms with Crippen molar-refractivity contribution in [1.82, 2.24) is 0 Å². The first-order valence-corrected chi connectivity index (χ1v) is 26.7. The molecular formula is C61H98O5. The van der Waals surface area contributed by atoms with E-state index in [-0.39, 0.29) is 25.2 Å². The van der Waals surface area contributed by atoms with Crippen LogP contribution in [0.3, 0.4) is 0 Å². The van der Waals surface area contributed by atoms with Gasteiger partial charge in [0, 0.05) is 19.4 Å². The van der Waals surface area contributed by atoms with E-state index in [1.54, 1.807) is 0 Å². The van der Waals surface area contributed by atoms with Crippen molar-refractivity contribution in [2.24, 2.45) is 0 Å². The van der Waals surface area contributed by atoms with Crippen LogP contribution < -0.4 is 0 Å². The molecule has 0 aromatic carbocycles. The van der Waals surface area contributed by atoms with Crippen LogP contribution in [0.4, 0.5) is 0 Å². The summed E-state index contributed by atoms with van der Waals surface area (Å²) in [5, 5.41) is 0.